The van der Waals surface area contributed by atoms with Crippen LogP contribution in [0.25, 0.3) is 21.6 Å². The van der Waals surface area contributed by atoms with Crippen LogP contribution in [-0.2, 0) is 19.1 Å². The fourth-order valence-corrected chi connectivity index (χ4v) is 8.92. The molecule has 280 valence electrons. The van der Waals surface area contributed by atoms with E-state index in [0.717, 1.165) is 42.1 Å². The molecule has 3 amide bonds. The first kappa shape index (κ1) is 37.8. The number of thioether (sulfide) groups is 1. The van der Waals surface area contributed by atoms with E-state index in [4.69, 9.17) is 19.4 Å². The number of ether oxygens (including phenoxy) is 2. The van der Waals surface area contributed by atoms with Crippen molar-refractivity contribution in [2.75, 3.05) is 18.1 Å². The van der Waals surface area contributed by atoms with Crippen LogP contribution in [0.1, 0.15) is 79.1 Å². The lowest BCUT2D eigenvalue weighted by Crippen LogP contribution is -2.58. The summed E-state index contributed by atoms with van der Waals surface area (Å²) < 4.78 is 12.1. The highest BCUT2D eigenvalue weighted by Gasteiger charge is 2.62. The Morgan fingerprint density at radius 2 is 1.77 bits per heavy atom. The van der Waals surface area contributed by atoms with Crippen molar-refractivity contribution in [2.24, 2.45) is 11.8 Å². The number of para-hydroxylation sites is 2. The lowest BCUT2D eigenvalue weighted by Gasteiger charge is -2.32. The van der Waals surface area contributed by atoms with Gasteiger partial charge in [-0.25, -0.2) is 19.6 Å². The lowest BCUT2D eigenvalue weighted by molar-refractivity contribution is -0.146. The fourth-order valence-electron chi connectivity index (χ4n) is 7.23. The summed E-state index contributed by atoms with van der Waals surface area (Å²) in [5, 5.41) is 18.0. The number of thiophene rings is 1. The van der Waals surface area contributed by atoms with Crippen molar-refractivity contribution in [3.05, 3.63) is 41.8 Å². The molecule has 6 atom stereocenters. The van der Waals surface area contributed by atoms with Crippen molar-refractivity contribution < 1.29 is 33.8 Å². The zero-order valence-electron chi connectivity index (χ0n) is 30.3. The molecule has 2 aromatic heterocycles. The number of benzene rings is 1. The maximum atomic E-state index is 14.7. The third kappa shape index (κ3) is 8.82. The normalized spacial score (nSPS) is 27.8. The van der Waals surface area contributed by atoms with E-state index in [2.05, 4.69) is 10.6 Å². The molecule has 4 heterocycles. The molecule has 52 heavy (non-hydrogen) atoms. The number of carbonyl (C=O) groups is 4. The highest BCUT2D eigenvalue weighted by Crippen LogP contribution is 2.47. The van der Waals surface area contributed by atoms with E-state index < -0.39 is 53.2 Å². The summed E-state index contributed by atoms with van der Waals surface area (Å²) in [5.41, 5.74) is -0.263. The number of carbonyl (C=O) groups excluding carboxylic acids is 3. The van der Waals surface area contributed by atoms with Crippen molar-refractivity contribution in [2.45, 2.75) is 108 Å². The van der Waals surface area contributed by atoms with Gasteiger partial charge in [-0.15, -0.1) is 11.3 Å². The van der Waals surface area contributed by atoms with Crippen LogP contribution in [0.4, 0.5) is 4.79 Å². The second-order valence-corrected chi connectivity index (χ2v) is 17.4. The molecule has 6 rings (SSSR count). The third-order valence-electron chi connectivity index (χ3n) is 10.0. The molecule has 0 radical (unpaired) electrons. The van der Waals surface area contributed by atoms with Crippen molar-refractivity contribution in [1.29, 1.82) is 0 Å². The van der Waals surface area contributed by atoms with Gasteiger partial charge in [-0.1, -0.05) is 38.0 Å². The SMILES string of the molecule is CC1CCCSCCCCCC2CC2(C(=O)O)NC(=O)[C@@H]2C[C@@H](Oc3nc4ccccc4nc3-c3cccs3)CN2C(=O)[C@H]1NC(=O)OC(C)(C)C. The van der Waals surface area contributed by atoms with E-state index >= 15 is 0 Å². The van der Waals surface area contributed by atoms with E-state index in [9.17, 15) is 24.3 Å². The summed E-state index contributed by atoms with van der Waals surface area (Å²) in [6.45, 7) is 7.21. The summed E-state index contributed by atoms with van der Waals surface area (Å²) in [5.74, 6) is -0.309. The van der Waals surface area contributed by atoms with Crippen molar-refractivity contribution in [1.82, 2.24) is 25.5 Å². The largest absolute Gasteiger partial charge is 0.479 e. The number of aliphatic carboxylic acids is 1. The third-order valence-corrected chi connectivity index (χ3v) is 12.1. The highest BCUT2D eigenvalue weighted by molar-refractivity contribution is 7.99. The molecule has 1 aliphatic carbocycles. The number of amides is 3. The molecule has 1 aromatic carbocycles. The molecular formula is C38H49N5O7S2. The van der Waals surface area contributed by atoms with Gasteiger partial charge in [-0.3, -0.25) is 9.59 Å². The zero-order chi connectivity index (χ0) is 37.0. The summed E-state index contributed by atoms with van der Waals surface area (Å²) >= 11 is 3.37. The van der Waals surface area contributed by atoms with Crippen LogP contribution in [0.5, 0.6) is 5.88 Å². The monoisotopic (exact) mass is 751 g/mol. The van der Waals surface area contributed by atoms with E-state index in [-0.39, 0.29) is 30.7 Å². The van der Waals surface area contributed by atoms with Crippen LogP contribution < -0.4 is 15.4 Å². The van der Waals surface area contributed by atoms with Crippen LogP contribution >= 0.6 is 23.1 Å². The first-order valence-electron chi connectivity index (χ1n) is 18.2. The molecule has 1 saturated carbocycles. The average Bonchev–Trinajstić information content (AvgIpc) is 3.39. The van der Waals surface area contributed by atoms with Crippen molar-refractivity contribution in [3.63, 3.8) is 0 Å². The number of carboxylic acids is 1. The number of alkyl carbamates (subject to hydrolysis) is 1. The van der Waals surface area contributed by atoms with Gasteiger partial charge in [0, 0.05) is 6.42 Å². The number of nitrogens with one attached hydrogen (secondary N) is 2. The average molecular weight is 752 g/mol. The van der Waals surface area contributed by atoms with Gasteiger partial charge in [0.1, 0.15) is 35.0 Å². The Hall–Kier alpha value is -3.91. The van der Waals surface area contributed by atoms with E-state index in [1.165, 1.54) is 16.2 Å². The van der Waals surface area contributed by atoms with Crippen molar-refractivity contribution >= 4 is 58.0 Å². The van der Waals surface area contributed by atoms with E-state index in [1.54, 1.807) is 20.8 Å². The second kappa shape index (κ2) is 16.0. The minimum atomic E-state index is -1.37. The van der Waals surface area contributed by atoms with Gasteiger partial charge in [0.05, 0.1) is 22.5 Å². The molecule has 0 bridgehead atoms. The second-order valence-electron chi connectivity index (χ2n) is 15.2. The van der Waals surface area contributed by atoms with Gasteiger partial charge < -0.3 is 30.1 Å². The predicted molar refractivity (Wildman–Crippen MR) is 201 cm³/mol. The molecule has 3 fully saturated rings. The number of carboxylic acid groups (broad SMARTS) is 1. The van der Waals surface area contributed by atoms with E-state index in [0.29, 0.717) is 36.0 Å². The number of hydrogen-bond donors (Lipinski definition) is 3. The fraction of sp³-hybridized carbons (Fsp3) is 0.579. The highest BCUT2D eigenvalue weighted by atomic mass is 32.2. The van der Waals surface area contributed by atoms with Crippen molar-refractivity contribution in [3.8, 4) is 16.5 Å². The Labute approximate surface area is 312 Å². The van der Waals surface area contributed by atoms with Gasteiger partial charge in [0.25, 0.3) is 0 Å². The smallest absolute Gasteiger partial charge is 0.408 e. The Morgan fingerprint density at radius 1 is 1.02 bits per heavy atom. The molecule has 0 spiro atoms. The number of hydrogen-bond acceptors (Lipinski definition) is 10. The lowest BCUT2D eigenvalue weighted by atomic mass is 9.95. The predicted octanol–water partition coefficient (Wildman–Crippen LogP) is 6.28. The van der Waals surface area contributed by atoms with Gasteiger partial charge in [0.15, 0.2) is 0 Å². The number of aromatic nitrogens is 2. The summed E-state index contributed by atoms with van der Waals surface area (Å²) in [4.78, 5) is 66.7. The van der Waals surface area contributed by atoms with E-state index in [1.807, 2.05) is 60.5 Å². The Balaban J connectivity index is 1.33. The van der Waals surface area contributed by atoms with Crippen LogP contribution in [0, 0.1) is 11.8 Å². The summed E-state index contributed by atoms with van der Waals surface area (Å²) in [6, 6.07) is 9.31. The Morgan fingerprint density at radius 3 is 2.48 bits per heavy atom. The van der Waals surface area contributed by atoms with Gasteiger partial charge >= 0.3 is 12.1 Å². The van der Waals surface area contributed by atoms with Crippen LogP contribution in [0.15, 0.2) is 41.8 Å². The minimum Gasteiger partial charge on any atom is -0.479 e. The Kier molecular flexibility index (Phi) is 11.6. The van der Waals surface area contributed by atoms with Gasteiger partial charge in [0.2, 0.25) is 17.7 Å². The summed E-state index contributed by atoms with van der Waals surface area (Å²) in [6.07, 6.45) is 4.22. The zero-order valence-corrected chi connectivity index (χ0v) is 31.9. The maximum Gasteiger partial charge on any atom is 0.408 e. The maximum absolute atomic E-state index is 14.7. The molecule has 12 nitrogen and oxygen atoms in total. The number of rotatable bonds is 5. The first-order chi connectivity index (χ1) is 24.8. The van der Waals surface area contributed by atoms with Gasteiger partial charge in [-0.05, 0) is 99.8 Å². The first-order valence-corrected chi connectivity index (χ1v) is 20.3. The Bertz CT molecular complexity index is 1770. The molecule has 3 unspecified atom stereocenters. The molecular weight excluding hydrogens is 703 g/mol. The number of fused-ring (bicyclic) bond motifs is 3. The quantitative estimate of drug-likeness (QED) is 0.271. The molecule has 2 aliphatic heterocycles. The molecule has 2 saturated heterocycles. The molecule has 3 aliphatic rings. The topological polar surface area (TPSA) is 160 Å². The van der Waals surface area contributed by atoms with Crippen LogP contribution in [-0.4, -0.2) is 91.2 Å². The molecule has 14 heteroatoms. The molecule has 3 N–H and O–H groups in total. The molecule has 3 aromatic rings. The standard InChI is InChI=1S/C38H49N5O7S2/c1-23-12-10-18-51-17-9-5-6-13-24-21-38(24,35(46)47)42-32(44)28-20-25(22-43(28)34(45)30(23)41-36(48)50-37(2,3)4)49-33-31(29-16-11-19-52-29)39-26-14-7-8-15-27(26)40-33/h7-8,11,14-16,19,23-25,28,30H,5-6,9-10,12-13,17-18,20-22H2,1-4H3,(H,41,48)(H,42,44)(H,46,47)/t23?,24?,25-,28+,30+,38?/m1/s1. The van der Waals surface area contributed by atoms with Crippen LogP contribution in [0.3, 0.4) is 0 Å². The minimum absolute atomic E-state index is 0.0217. The van der Waals surface area contributed by atoms with Gasteiger partial charge in [-0.2, -0.15) is 11.8 Å². The number of nitrogens with zero attached hydrogens (tertiary/aromatic N) is 3. The summed E-state index contributed by atoms with van der Waals surface area (Å²) in [7, 11) is 0. The van der Waals surface area contributed by atoms with Crippen LogP contribution in [0.2, 0.25) is 0 Å².